The largest absolute Gasteiger partial charge is 0.507 e. The maximum absolute atomic E-state index is 12.9. The van der Waals surface area contributed by atoms with Gasteiger partial charge in [-0.05, 0) is 60.2 Å². The van der Waals surface area contributed by atoms with E-state index >= 15 is 0 Å². The van der Waals surface area contributed by atoms with Crippen molar-refractivity contribution in [2.75, 3.05) is 12.4 Å². The van der Waals surface area contributed by atoms with E-state index in [1.165, 1.54) is 0 Å². The van der Waals surface area contributed by atoms with Crippen molar-refractivity contribution >= 4 is 22.8 Å². The van der Waals surface area contributed by atoms with Gasteiger partial charge in [0, 0.05) is 41.3 Å². The van der Waals surface area contributed by atoms with Gasteiger partial charge >= 0.3 is 0 Å². The highest BCUT2D eigenvalue weighted by molar-refractivity contribution is 6.05. The quantitative estimate of drug-likeness (QED) is 0.249. The number of fused-ring (bicyclic) bond motifs is 1. The molecule has 0 atom stereocenters. The summed E-state index contributed by atoms with van der Waals surface area (Å²) in [5.74, 6) is 1.16. The lowest BCUT2D eigenvalue weighted by molar-refractivity contribution is 0.102. The Hall–Kier alpha value is -5.51. The number of carbonyl (C=O) groups excluding carboxylic acids is 1. The molecule has 10 heteroatoms. The number of ether oxygens (including phenoxy) is 1. The minimum absolute atomic E-state index is 0.0669. The van der Waals surface area contributed by atoms with Crippen LogP contribution in [0.4, 0.5) is 5.82 Å². The van der Waals surface area contributed by atoms with Crippen molar-refractivity contribution in [3.63, 3.8) is 0 Å². The molecule has 4 heterocycles. The predicted octanol–water partition coefficient (Wildman–Crippen LogP) is 5.04. The zero-order valence-electron chi connectivity index (χ0n) is 20.1. The molecular formula is C28H21N7O3. The molecule has 6 aromatic rings. The van der Waals surface area contributed by atoms with Crippen LogP contribution < -0.4 is 10.1 Å². The Kier molecular flexibility index (Phi) is 5.74. The number of nitrogens with one attached hydrogen (secondary N) is 3. The molecule has 6 rings (SSSR count). The van der Waals surface area contributed by atoms with E-state index in [0.717, 1.165) is 22.2 Å². The number of phenolic OH excluding ortho intramolecular Hbond substituents is 1. The lowest BCUT2D eigenvalue weighted by atomic mass is 10.0. The minimum atomic E-state index is -0.314. The standard InChI is InChI=1S/C28H21N7O3/c1-38-28-19(5-3-11-30-28)16-7-9-24(36)20(12-16)26-31-21-8-6-17(13-23(21)32-26)27(37)33-25-14-22(34-35-25)18-4-2-10-29-15-18/h2-15,36H,1H3,(H,31,32)(H2,33,34,35,37). The third-order valence-electron chi connectivity index (χ3n) is 6.06. The van der Waals surface area contributed by atoms with Gasteiger partial charge in [-0.25, -0.2) is 9.97 Å². The SMILES string of the molecule is COc1ncccc1-c1ccc(O)c(-c2nc3cc(C(=O)Nc4cc(-c5cccnc5)n[nH]4)ccc3[nH]2)c1. The molecule has 0 aliphatic heterocycles. The number of aromatic amines is 2. The van der Waals surface area contributed by atoms with Crippen molar-refractivity contribution in [3.8, 4) is 45.4 Å². The first-order valence-corrected chi connectivity index (χ1v) is 11.7. The van der Waals surface area contributed by atoms with E-state index in [-0.39, 0.29) is 11.7 Å². The molecule has 186 valence electrons. The van der Waals surface area contributed by atoms with Crippen LogP contribution in [0.15, 0.2) is 85.3 Å². The van der Waals surface area contributed by atoms with Crippen molar-refractivity contribution in [1.82, 2.24) is 30.1 Å². The number of carbonyl (C=O) groups is 1. The van der Waals surface area contributed by atoms with Gasteiger partial charge in [0.2, 0.25) is 5.88 Å². The average Bonchev–Trinajstić information content (AvgIpc) is 3.60. The first kappa shape index (κ1) is 22.9. The van der Waals surface area contributed by atoms with E-state index in [0.29, 0.717) is 39.9 Å². The van der Waals surface area contributed by atoms with Gasteiger partial charge in [-0.3, -0.25) is 14.9 Å². The summed E-state index contributed by atoms with van der Waals surface area (Å²) >= 11 is 0. The van der Waals surface area contributed by atoms with Gasteiger partial charge in [0.25, 0.3) is 5.91 Å². The first-order chi connectivity index (χ1) is 18.6. The summed E-state index contributed by atoms with van der Waals surface area (Å²) in [5.41, 5.74) is 5.35. The Morgan fingerprint density at radius 1 is 0.974 bits per heavy atom. The number of phenols is 1. The Morgan fingerprint density at radius 2 is 1.87 bits per heavy atom. The summed E-state index contributed by atoms with van der Waals surface area (Å²) in [6, 6.07) is 19.5. The van der Waals surface area contributed by atoms with Crippen molar-refractivity contribution in [1.29, 1.82) is 0 Å². The van der Waals surface area contributed by atoms with Crippen molar-refractivity contribution in [3.05, 3.63) is 90.9 Å². The van der Waals surface area contributed by atoms with Crippen molar-refractivity contribution < 1.29 is 14.6 Å². The second kappa shape index (κ2) is 9.51. The highest BCUT2D eigenvalue weighted by Crippen LogP contribution is 2.35. The minimum Gasteiger partial charge on any atom is -0.507 e. The van der Waals surface area contributed by atoms with Gasteiger partial charge < -0.3 is 20.1 Å². The molecule has 10 nitrogen and oxygen atoms in total. The van der Waals surface area contributed by atoms with Crippen LogP contribution in [0.3, 0.4) is 0 Å². The molecule has 0 spiro atoms. The third kappa shape index (κ3) is 4.30. The summed E-state index contributed by atoms with van der Waals surface area (Å²) in [4.78, 5) is 29.1. The van der Waals surface area contributed by atoms with Crippen LogP contribution in [0.2, 0.25) is 0 Å². The molecule has 38 heavy (non-hydrogen) atoms. The number of hydrogen-bond donors (Lipinski definition) is 4. The summed E-state index contributed by atoms with van der Waals surface area (Å²) in [6.45, 7) is 0. The average molecular weight is 504 g/mol. The number of aromatic hydroxyl groups is 1. The molecule has 2 aromatic carbocycles. The monoisotopic (exact) mass is 503 g/mol. The number of aromatic nitrogens is 6. The number of benzene rings is 2. The van der Waals surface area contributed by atoms with Crippen molar-refractivity contribution in [2.45, 2.75) is 0 Å². The van der Waals surface area contributed by atoms with Gasteiger partial charge in [0.1, 0.15) is 17.4 Å². The zero-order chi connectivity index (χ0) is 26.1. The Labute approximate surface area is 216 Å². The maximum atomic E-state index is 12.9. The lowest BCUT2D eigenvalue weighted by Crippen LogP contribution is -2.12. The van der Waals surface area contributed by atoms with Gasteiger partial charge in [-0.15, -0.1) is 0 Å². The Bertz CT molecular complexity index is 1780. The van der Waals surface area contributed by atoms with Gasteiger partial charge in [0.05, 0.1) is 29.4 Å². The predicted molar refractivity (Wildman–Crippen MR) is 143 cm³/mol. The summed E-state index contributed by atoms with van der Waals surface area (Å²) in [5, 5.41) is 20.5. The first-order valence-electron chi connectivity index (χ1n) is 11.7. The number of imidazole rings is 1. The fraction of sp³-hybridized carbons (Fsp3) is 0.0357. The van der Waals surface area contributed by atoms with Crippen molar-refractivity contribution in [2.24, 2.45) is 0 Å². The molecule has 0 bridgehead atoms. The van der Waals surface area contributed by atoms with E-state index < -0.39 is 0 Å². The second-order valence-corrected chi connectivity index (χ2v) is 8.47. The summed E-state index contributed by atoms with van der Waals surface area (Å²) in [7, 11) is 1.56. The van der Waals surface area contributed by atoms with Crippen LogP contribution in [-0.4, -0.2) is 48.3 Å². The van der Waals surface area contributed by atoms with E-state index in [1.54, 1.807) is 62.1 Å². The zero-order valence-corrected chi connectivity index (χ0v) is 20.1. The summed E-state index contributed by atoms with van der Waals surface area (Å²) in [6.07, 6.45) is 5.04. The van der Waals surface area contributed by atoms with Gasteiger partial charge in [-0.2, -0.15) is 5.10 Å². The highest BCUT2D eigenvalue weighted by atomic mass is 16.5. The van der Waals surface area contributed by atoms with Crippen LogP contribution in [0, 0.1) is 0 Å². The highest BCUT2D eigenvalue weighted by Gasteiger charge is 2.16. The number of anilines is 1. The summed E-state index contributed by atoms with van der Waals surface area (Å²) < 4.78 is 5.38. The smallest absolute Gasteiger partial charge is 0.256 e. The number of nitrogens with zero attached hydrogens (tertiary/aromatic N) is 4. The van der Waals surface area contributed by atoms with E-state index in [1.807, 2.05) is 30.3 Å². The van der Waals surface area contributed by atoms with Crippen LogP contribution in [0.1, 0.15) is 10.4 Å². The second-order valence-electron chi connectivity index (χ2n) is 8.47. The Morgan fingerprint density at radius 3 is 2.71 bits per heavy atom. The maximum Gasteiger partial charge on any atom is 0.256 e. The Balaban J connectivity index is 1.27. The van der Waals surface area contributed by atoms with E-state index in [9.17, 15) is 9.90 Å². The molecule has 1 amide bonds. The van der Waals surface area contributed by atoms with E-state index in [2.05, 4.69) is 35.5 Å². The third-order valence-corrected chi connectivity index (χ3v) is 6.06. The van der Waals surface area contributed by atoms with Gasteiger partial charge in [-0.1, -0.05) is 6.07 Å². The molecule has 0 aliphatic carbocycles. The fourth-order valence-corrected chi connectivity index (χ4v) is 4.18. The number of methoxy groups -OCH3 is 1. The van der Waals surface area contributed by atoms with Crippen LogP contribution in [0.25, 0.3) is 44.8 Å². The molecule has 0 fully saturated rings. The fourth-order valence-electron chi connectivity index (χ4n) is 4.18. The number of pyridine rings is 2. The van der Waals surface area contributed by atoms with E-state index in [4.69, 9.17) is 4.74 Å². The number of amides is 1. The molecule has 0 aliphatic rings. The molecular weight excluding hydrogens is 482 g/mol. The molecule has 0 saturated heterocycles. The van der Waals surface area contributed by atoms with Crippen LogP contribution >= 0.6 is 0 Å². The molecule has 0 saturated carbocycles. The normalized spacial score (nSPS) is 11.0. The van der Waals surface area contributed by atoms with Gasteiger partial charge in [0.15, 0.2) is 0 Å². The van der Waals surface area contributed by atoms with Crippen LogP contribution in [-0.2, 0) is 0 Å². The topological polar surface area (TPSA) is 142 Å². The lowest BCUT2D eigenvalue weighted by Gasteiger charge is -2.09. The molecule has 4 N–H and O–H groups in total. The number of hydrogen-bond acceptors (Lipinski definition) is 7. The molecule has 4 aromatic heterocycles. The molecule has 0 radical (unpaired) electrons. The number of H-pyrrole nitrogens is 2. The number of rotatable bonds is 6. The molecule has 0 unspecified atom stereocenters. The van der Waals surface area contributed by atoms with Crippen LogP contribution in [0.5, 0.6) is 11.6 Å².